The number of hydrogen-bond donors (Lipinski definition) is 1. The Hall–Kier alpha value is -2.44. The molecule has 7 heteroatoms. The quantitative estimate of drug-likeness (QED) is 0.673. The van der Waals surface area contributed by atoms with Crippen LogP contribution in [-0.4, -0.2) is 47.1 Å². The molecule has 1 aromatic carbocycles. The Labute approximate surface area is 152 Å². The summed E-state index contributed by atoms with van der Waals surface area (Å²) in [5.74, 6) is 0.294. The molecular weight excluding hydrogens is 336 g/mol. The Kier molecular flexibility index (Phi) is 5.85. The van der Waals surface area contributed by atoms with Gasteiger partial charge in [-0.2, -0.15) is 0 Å². The highest BCUT2D eigenvalue weighted by Gasteiger charge is 2.28. The highest BCUT2D eigenvalue weighted by atomic mass is 19.1. The average molecular weight is 361 g/mol. The number of guanidine groups is 1. The summed E-state index contributed by atoms with van der Waals surface area (Å²) in [4.78, 5) is 10.8. The van der Waals surface area contributed by atoms with Crippen molar-refractivity contribution >= 4 is 5.96 Å². The van der Waals surface area contributed by atoms with Crippen LogP contribution in [0.3, 0.4) is 0 Å². The normalized spacial score (nSPS) is 21.1. The largest absolute Gasteiger partial charge is 0.356 e. The lowest BCUT2D eigenvalue weighted by atomic mass is 9.93. The monoisotopic (exact) mass is 361 g/mol. The molecule has 1 aliphatic heterocycles. The van der Waals surface area contributed by atoms with E-state index in [1.54, 1.807) is 13.2 Å². The summed E-state index contributed by atoms with van der Waals surface area (Å²) in [7, 11) is 1.76. The molecule has 1 N–H and O–H groups in total. The molecule has 0 spiro atoms. The molecule has 1 aromatic heterocycles. The van der Waals surface area contributed by atoms with Crippen molar-refractivity contribution in [3.8, 4) is 0 Å². The van der Waals surface area contributed by atoms with Gasteiger partial charge in [0.25, 0.3) is 0 Å². The third kappa shape index (κ3) is 4.39. The molecule has 2 unspecified atom stereocenters. The number of halogens is 2. The lowest BCUT2D eigenvalue weighted by molar-refractivity contribution is 0.189. The van der Waals surface area contributed by atoms with E-state index in [1.807, 2.05) is 12.5 Å². The molecule has 1 saturated heterocycles. The molecule has 1 fully saturated rings. The Morgan fingerprint density at radius 1 is 1.31 bits per heavy atom. The number of likely N-dealkylation sites (tertiary alicyclic amines) is 1. The van der Waals surface area contributed by atoms with E-state index >= 15 is 0 Å². The van der Waals surface area contributed by atoms with Gasteiger partial charge in [0, 0.05) is 45.1 Å². The Morgan fingerprint density at radius 2 is 2.08 bits per heavy atom. The van der Waals surface area contributed by atoms with E-state index in [0.29, 0.717) is 30.5 Å². The van der Waals surface area contributed by atoms with Crippen LogP contribution in [0.15, 0.2) is 41.9 Å². The number of aliphatic imine (C=N–C) groups is 1. The van der Waals surface area contributed by atoms with Crippen LogP contribution in [0, 0.1) is 17.6 Å². The fourth-order valence-electron chi connectivity index (χ4n) is 3.50. The minimum absolute atomic E-state index is 0.349. The molecule has 2 atom stereocenters. The average Bonchev–Trinajstić information content (AvgIpc) is 3.13. The number of hydrogen-bond acceptors (Lipinski definition) is 2. The van der Waals surface area contributed by atoms with Crippen molar-refractivity contribution in [3.63, 3.8) is 0 Å². The molecule has 5 nitrogen and oxygen atoms in total. The minimum atomic E-state index is -0.544. The maximum absolute atomic E-state index is 13.3. The molecule has 2 heterocycles. The van der Waals surface area contributed by atoms with E-state index in [9.17, 15) is 8.78 Å². The van der Waals surface area contributed by atoms with E-state index in [-0.39, 0.29) is 0 Å². The molecule has 26 heavy (non-hydrogen) atoms. The first-order chi connectivity index (χ1) is 12.6. The number of aromatic nitrogens is 2. The Morgan fingerprint density at radius 3 is 2.73 bits per heavy atom. The molecule has 0 bridgehead atoms. The minimum Gasteiger partial charge on any atom is -0.356 e. The van der Waals surface area contributed by atoms with Gasteiger partial charge in [-0.05, 0) is 36.5 Å². The first-order valence-electron chi connectivity index (χ1n) is 8.95. The summed E-state index contributed by atoms with van der Waals surface area (Å²) in [6, 6.07) is 3.97. The predicted octanol–water partition coefficient (Wildman–Crippen LogP) is 2.86. The van der Waals surface area contributed by atoms with Crippen molar-refractivity contribution in [1.82, 2.24) is 19.8 Å². The van der Waals surface area contributed by atoms with Gasteiger partial charge in [-0.25, -0.2) is 13.8 Å². The smallest absolute Gasteiger partial charge is 0.193 e. The lowest BCUT2D eigenvalue weighted by Gasteiger charge is -2.39. The number of nitrogens with one attached hydrogen (secondary N) is 1. The van der Waals surface area contributed by atoms with Gasteiger partial charge in [0.2, 0.25) is 0 Å². The van der Waals surface area contributed by atoms with Crippen LogP contribution in [0.5, 0.6) is 0 Å². The second-order valence-corrected chi connectivity index (χ2v) is 6.79. The van der Waals surface area contributed by atoms with Crippen LogP contribution in [-0.2, 0) is 6.42 Å². The molecule has 1 aliphatic rings. The van der Waals surface area contributed by atoms with Crippen LogP contribution < -0.4 is 5.32 Å². The van der Waals surface area contributed by atoms with Crippen molar-refractivity contribution in [2.75, 3.05) is 26.7 Å². The summed E-state index contributed by atoms with van der Waals surface area (Å²) in [6.45, 7) is 4.61. The van der Waals surface area contributed by atoms with E-state index in [2.05, 4.69) is 31.7 Å². The number of benzene rings is 1. The molecular formula is C19H25F2N5. The molecule has 0 saturated carbocycles. The van der Waals surface area contributed by atoms with Crippen LogP contribution in [0.2, 0.25) is 0 Å². The van der Waals surface area contributed by atoms with Crippen LogP contribution in [0.25, 0.3) is 0 Å². The van der Waals surface area contributed by atoms with Gasteiger partial charge in [-0.15, -0.1) is 0 Å². The number of imidazole rings is 1. The molecule has 140 valence electrons. The number of piperidine rings is 1. The highest BCUT2D eigenvalue weighted by Crippen LogP contribution is 2.27. The molecule has 2 aromatic rings. The number of nitrogens with zero attached hydrogens (tertiary/aromatic N) is 4. The Bertz CT molecular complexity index is 724. The SMILES string of the molecule is CN=C(NCCc1cc(F)cc(F)c1)N1CCC(C)C(n2ccnc2)C1. The summed E-state index contributed by atoms with van der Waals surface area (Å²) >= 11 is 0. The Balaban J connectivity index is 1.58. The second-order valence-electron chi connectivity index (χ2n) is 6.79. The van der Waals surface area contributed by atoms with Crippen molar-refractivity contribution < 1.29 is 8.78 Å². The van der Waals surface area contributed by atoms with Crippen molar-refractivity contribution in [2.45, 2.75) is 25.8 Å². The first kappa shape index (κ1) is 18.4. The lowest BCUT2D eigenvalue weighted by Crippen LogP contribution is -2.49. The van der Waals surface area contributed by atoms with Crippen molar-refractivity contribution in [1.29, 1.82) is 0 Å². The molecule has 3 rings (SSSR count). The van der Waals surface area contributed by atoms with Gasteiger partial charge >= 0.3 is 0 Å². The fourth-order valence-corrected chi connectivity index (χ4v) is 3.50. The predicted molar refractivity (Wildman–Crippen MR) is 98.0 cm³/mol. The zero-order valence-electron chi connectivity index (χ0n) is 15.2. The van der Waals surface area contributed by atoms with Gasteiger partial charge in [-0.1, -0.05) is 6.92 Å². The van der Waals surface area contributed by atoms with Crippen molar-refractivity contribution in [3.05, 3.63) is 54.1 Å². The standard InChI is InChI=1S/C19H25F2N5/c1-14-4-7-25(12-18(14)26-8-6-23-13-26)19(22-2)24-5-3-15-9-16(20)11-17(21)10-15/h6,8-11,13-14,18H,3-5,7,12H2,1-2H3,(H,22,24). The summed E-state index contributed by atoms with van der Waals surface area (Å²) in [5, 5.41) is 3.31. The topological polar surface area (TPSA) is 45.5 Å². The van der Waals surface area contributed by atoms with E-state index < -0.39 is 11.6 Å². The van der Waals surface area contributed by atoms with Gasteiger partial charge < -0.3 is 14.8 Å². The zero-order valence-corrected chi connectivity index (χ0v) is 15.2. The highest BCUT2D eigenvalue weighted by molar-refractivity contribution is 5.80. The maximum Gasteiger partial charge on any atom is 0.193 e. The van der Waals surface area contributed by atoms with Crippen LogP contribution >= 0.6 is 0 Å². The van der Waals surface area contributed by atoms with Crippen LogP contribution in [0.4, 0.5) is 8.78 Å². The molecule has 0 aliphatic carbocycles. The maximum atomic E-state index is 13.3. The summed E-state index contributed by atoms with van der Waals surface area (Å²) < 4.78 is 28.7. The molecule has 0 radical (unpaired) electrons. The van der Waals surface area contributed by atoms with E-state index in [1.165, 1.54) is 12.1 Å². The first-order valence-corrected chi connectivity index (χ1v) is 8.95. The summed E-state index contributed by atoms with van der Waals surface area (Å²) in [6.07, 6.45) is 7.26. The molecule has 0 amide bonds. The third-order valence-corrected chi connectivity index (χ3v) is 4.96. The van der Waals surface area contributed by atoms with Gasteiger partial charge in [0.15, 0.2) is 5.96 Å². The van der Waals surface area contributed by atoms with E-state index in [4.69, 9.17) is 0 Å². The van der Waals surface area contributed by atoms with Gasteiger partial charge in [-0.3, -0.25) is 4.99 Å². The van der Waals surface area contributed by atoms with Crippen molar-refractivity contribution in [2.24, 2.45) is 10.9 Å². The second kappa shape index (κ2) is 8.29. The van der Waals surface area contributed by atoms with E-state index in [0.717, 1.165) is 31.5 Å². The summed E-state index contributed by atoms with van der Waals surface area (Å²) in [5.41, 5.74) is 0.633. The third-order valence-electron chi connectivity index (χ3n) is 4.96. The zero-order chi connectivity index (χ0) is 18.5. The van der Waals surface area contributed by atoms with Gasteiger partial charge in [0.1, 0.15) is 11.6 Å². The number of rotatable bonds is 4. The fraction of sp³-hybridized carbons (Fsp3) is 0.474. The van der Waals surface area contributed by atoms with Crippen LogP contribution in [0.1, 0.15) is 24.9 Å². The van der Waals surface area contributed by atoms with Gasteiger partial charge in [0.05, 0.1) is 12.4 Å².